The van der Waals surface area contributed by atoms with Gasteiger partial charge in [-0.1, -0.05) is 244 Å². The van der Waals surface area contributed by atoms with E-state index in [-0.39, 0.29) is 18.9 Å². The Morgan fingerprint density at radius 3 is 1.13 bits per heavy atom. The molecule has 3 saturated heterocycles. The summed E-state index contributed by atoms with van der Waals surface area (Å²) < 4.78 is 34.3. The van der Waals surface area contributed by atoms with Gasteiger partial charge in [-0.3, -0.25) is 4.79 Å². The zero-order chi connectivity index (χ0) is 60.5. The molecule has 17 atom stereocenters. The SMILES string of the molecule is CCCCCCCCCCCCCCCC/C=C/C(O)C(COC1OC(CO)C(OC2OC(CO)C(OC3OC(CO)C(O)C(O)C3O)C(O)C2O)C(O)C1O)NC(=O)CCCCCCCCCCCCCCCCCCCCCCCC. The third-order valence-electron chi connectivity index (χ3n) is 17.1. The maximum Gasteiger partial charge on any atom is 0.220 e. The van der Waals surface area contributed by atoms with Crippen LogP contribution < -0.4 is 5.32 Å². The van der Waals surface area contributed by atoms with E-state index >= 15 is 0 Å². The molecule has 3 aliphatic heterocycles. The Hall–Kier alpha value is -1.47. The predicted molar refractivity (Wildman–Crippen MR) is 319 cm³/mol. The maximum absolute atomic E-state index is 13.4. The van der Waals surface area contributed by atoms with Crippen molar-refractivity contribution in [2.75, 3.05) is 26.4 Å². The van der Waals surface area contributed by atoms with Gasteiger partial charge in [0.25, 0.3) is 0 Å². The molecule has 3 aliphatic rings. The van der Waals surface area contributed by atoms with Crippen LogP contribution in [0.3, 0.4) is 0 Å². The van der Waals surface area contributed by atoms with Crippen LogP contribution >= 0.6 is 0 Å². The number of aliphatic hydroxyl groups excluding tert-OH is 11. The van der Waals surface area contributed by atoms with Gasteiger partial charge < -0.3 is 89.9 Å². The molecule has 0 aromatic rings. The summed E-state index contributed by atoms with van der Waals surface area (Å²) in [6.45, 7) is 1.76. The zero-order valence-corrected chi connectivity index (χ0v) is 51.4. The molecule has 3 fully saturated rings. The second-order valence-electron chi connectivity index (χ2n) is 24.3. The smallest absolute Gasteiger partial charge is 0.220 e. The molecule has 0 radical (unpaired) electrons. The summed E-state index contributed by atoms with van der Waals surface area (Å²) in [6.07, 6.45) is 23.3. The van der Waals surface area contributed by atoms with Gasteiger partial charge in [-0.2, -0.15) is 0 Å². The Morgan fingerprint density at radius 2 is 0.747 bits per heavy atom. The third kappa shape index (κ3) is 30.5. The number of rotatable bonds is 51. The van der Waals surface area contributed by atoms with Gasteiger partial charge in [0.1, 0.15) is 73.2 Å². The standard InChI is InChI=1S/C64H121NO18/c1-3-5-7-9-11-13-15-17-19-21-22-23-24-25-26-28-30-32-34-36-38-40-42-52(70)65-47(48(69)41-39-37-35-33-31-29-27-20-18-16-14-12-10-8-6-4-2)46-78-62-58(76)55(73)60(50(44-67)80-62)83-64-59(77)56(74)61(51(45-68)81-64)82-63-57(75)54(72)53(71)49(43-66)79-63/h39,41,47-51,53-64,66-69,71-77H,3-38,40,42-46H2,1-2H3,(H,65,70)/b41-39+. The Labute approximate surface area is 499 Å². The highest BCUT2D eigenvalue weighted by Crippen LogP contribution is 2.33. The van der Waals surface area contributed by atoms with E-state index in [4.69, 9.17) is 28.4 Å². The average Bonchev–Trinajstić information content (AvgIpc) is 3.19. The minimum Gasteiger partial charge on any atom is -0.394 e. The van der Waals surface area contributed by atoms with Crippen molar-refractivity contribution in [3.63, 3.8) is 0 Å². The number of allylic oxidation sites excluding steroid dienone is 1. The molecule has 83 heavy (non-hydrogen) atoms. The largest absolute Gasteiger partial charge is 0.394 e. The minimum atomic E-state index is -1.97. The highest BCUT2D eigenvalue weighted by Gasteiger charge is 2.53. The fourth-order valence-electron chi connectivity index (χ4n) is 11.6. The van der Waals surface area contributed by atoms with E-state index in [1.807, 2.05) is 6.08 Å². The van der Waals surface area contributed by atoms with E-state index in [2.05, 4.69) is 19.2 Å². The molecule has 490 valence electrons. The van der Waals surface area contributed by atoms with E-state index in [1.54, 1.807) is 6.08 Å². The van der Waals surface area contributed by atoms with Crippen LogP contribution in [-0.2, 0) is 33.2 Å². The molecule has 0 aliphatic carbocycles. The number of hydrogen-bond acceptors (Lipinski definition) is 18. The molecule has 12 N–H and O–H groups in total. The Balaban J connectivity index is 1.45. The second kappa shape index (κ2) is 47.5. The van der Waals surface area contributed by atoms with Crippen molar-refractivity contribution in [2.45, 2.75) is 362 Å². The van der Waals surface area contributed by atoms with Crippen molar-refractivity contribution in [3.8, 4) is 0 Å². The van der Waals surface area contributed by atoms with Crippen LogP contribution in [0, 0.1) is 0 Å². The van der Waals surface area contributed by atoms with E-state index in [1.165, 1.54) is 186 Å². The van der Waals surface area contributed by atoms with Crippen molar-refractivity contribution in [1.29, 1.82) is 0 Å². The van der Waals surface area contributed by atoms with Gasteiger partial charge in [0, 0.05) is 6.42 Å². The quantitative estimate of drug-likeness (QED) is 0.0205. The molecule has 0 bridgehead atoms. The molecule has 3 heterocycles. The number of hydrogen-bond donors (Lipinski definition) is 12. The molecule has 19 nitrogen and oxygen atoms in total. The van der Waals surface area contributed by atoms with Crippen LogP contribution in [0.2, 0.25) is 0 Å². The van der Waals surface area contributed by atoms with Crippen LogP contribution in [-0.4, -0.2) is 193 Å². The zero-order valence-electron chi connectivity index (χ0n) is 51.4. The maximum atomic E-state index is 13.4. The third-order valence-corrected chi connectivity index (χ3v) is 17.1. The lowest BCUT2D eigenvalue weighted by Crippen LogP contribution is -2.66. The number of nitrogens with one attached hydrogen (secondary N) is 1. The molecule has 1 amide bonds. The van der Waals surface area contributed by atoms with E-state index in [9.17, 15) is 61.0 Å². The highest BCUT2D eigenvalue weighted by atomic mass is 16.8. The summed E-state index contributed by atoms with van der Waals surface area (Å²) in [6, 6.07) is -0.967. The summed E-state index contributed by atoms with van der Waals surface area (Å²) in [4.78, 5) is 13.4. The first-order chi connectivity index (χ1) is 40.3. The molecule has 0 saturated carbocycles. The van der Waals surface area contributed by atoms with Crippen molar-refractivity contribution in [1.82, 2.24) is 5.32 Å². The van der Waals surface area contributed by atoms with Gasteiger partial charge in [0.15, 0.2) is 18.9 Å². The topological polar surface area (TPSA) is 307 Å². The molecule has 0 aromatic carbocycles. The lowest BCUT2D eigenvalue weighted by atomic mass is 9.96. The Bertz CT molecular complexity index is 1560. The Morgan fingerprint density at radius 1 is 0.422 bits per heavy atom. The lowest BCUT2D eigenvalue weighted by Gasteiger charge is -2.48. The summed E-state index contributed by atoms with van der Waals surface area (Å²) in [5.74, 6) is -0.270. The fourth-order valence-corrected chi connectivity index (χ4v) is 11.6. The highest BCUT2D eigenvalue weighted by molar-refractivity contribution is 5.76. The fraction of sp³-hybridized carbons (Fsp3) is 0.953. The number of unbranched alkanes of at least 4 members (excludes halogenated alkanes) is 35. The average molecular weight is 1190 g/mol. The first-order valence-electron chi connectivity index (χ1n) is 33.4. The monoisotopic (exact) mass is 1190 g/mol. The van der Waals surface area contributed by atoms with Crippen molar-refractivity contribution in [2.24, 2.45) is 0 Å². The van der Waals surface area contributed by atoms with Crippen LogP contribution in [0.5, 0.6) is 0 Å². The number of carbonyl (C=O) groups is 1. The van der Waals surface area contributed by atoms with Crippen LogP contribution in [0.4, 0.5) is 0 Å². The minimum absolute atomic E-state index is 0.250. The van der Waals surface area contributed by atoms with Gasteiger partial charge in [0.05, 0.1) is 38.6 Å². The summed E-state index contributed by atoms with van der Waals surface area (Å²) in [7, 11) is 0. The van der Waals surface area contributed by atoms with E-state index < -0.39 is 124 Å². The number of carbonyl (C=O) groups excluding carboxylic acids is 1. The first kappa shape index (κ1) is 75.8. The molecule has 0 aromatic heterocycles. The van der Waals surface area contributed by atoms with Gasteiger partial charge in [-0.05, 0) is 19.3 Å². The van der Waals surface area contributed by atoms with Crippen molar-refractivity contribution in [3.05, 3.63) is 12.2 Å². The molecule has 19 heteroatoms. The number of ether oxygens (including phenoxy) is 6. The molecule has 0 spiro atoms. The Kier molecular flexibility index (Phi) is 43.4. The summed E-state index contributed by atoms with van der Waals surface area (Å²) in [5, 5.41) is 120. The second-order valence-corrected chi connectivity index (χ2v) is 24.3. The normalized spacial score (nSPS) is 29.4. The van der Waals surface area contributed by atoms with Crippen LogP contribution in [0.15, 0.2) is 12.2 Å². The molecular weight excluding hydrogens is 1070 g/mol. The summed E-state index contributed by atoms with van der Waals surface area (Å²) in [5.41, 5.74) is 0. The molecule has 17 unspecified atom stereocenters. The van der Waals surface area contributed by atoms with Gasteiger partial charge in [-0.25, -0.2) is 0 Å². The number of amides is 1. The van der Waals surface area contributed by atoms with Gasteiger partial charge in [0.2, 0.25) is 5.91 Å². The molecule has 3 rings (SSSR count). The van der Waals surface area contributed by atoms with E-state index in [0.717, 1.165) is 44.9 Å². The van der Waals surface area contributed by atoms with E-state index in [0.29, 0.717) is 6.42 Å². The number of aliphatic hydroxyl groups is 11. The lowest BCUT2D eigenvalue weighted by molar-refractivity contribution is -0.379. The predicted octanol–water partition coefficient (Wildman–Crippen LogP) is 7.72. The van der Waals surface area contributed by atoms with Gasteiger partial charge >= 0.3 is 0 Å². The van der Waals surface area contributed by atoms with Crippen LogP contribution in [0.25, 0.3) is 0 Å². The van der Waals surface area contributed by atoms with Crippen LogP contribution in [0.1, 0.15) is 258 Å². The van der Waals surface area contributed by atoms with Gasteiger partial charge in [-0.15, -0.1) is 0 Å². The summed E-state index contributed by atoms with van der Waals surface area (Å²) >= 11 is 0. The van der Waals surface area contributed by atoms with Crippen molar-refractivity contribution < 1.29 is 89.4 Å². The molecular formula is C64H121NO18. The first-order valence-corrected chi connectivity index (χ1v) is 33.4. The van der Waals surface area contributed by atoms with Crippen molar-refractivity contribution >= 4 is 5.91 Å².